The predicted octanol–water partition coefficient (Wildman–Crippen LogP) is 7.15. The smallest absolute Gasteiger partial charge is 0.344 e. The summed E-state index contributed by atoms with van der Waals surface area (Å²) in [4.78, 5) is 12.0. The Labute approximate surface area is 205 Å². The maximum Gasteiger partial charge on any atom is 0.344 e. The molecule has 0 aliphatic carbocycles. The van der Waals surface area contributed by atoms with Crippen LogP contribution in [0.3, 0.4) is 0 Å². The summed E-state index contributed by atoms with van der Waals surface area (Å²) in [6.07, 6.45) is 10.1. The number of unbranched alkanes of at least 4 members (excludes halogenated alkanes) is 5. The third kappa shape index (κ3) is 10.5. The molecule has 184 valence electrons. The average molecular weight is 467 g/mol. The van der Waals surface area contributed by atoms with E-state index >= 15 is 0 Å². The van der Waals surface area contributed by atoms with Gasteiger partial charge in [-0.1, -0.05) is 58.7 Å². The second kappa shape index (κ2) is 16.3. The molecule has 1 aromatic heterocycles. The van der Waals surface area contributed by atoms with Crippen LogP contribution in [0.1, 0.15) is 63.7 Å². The fourth-order valence-electron chi connectivity index (χ4n) is 3.29. The van der Waals surface area contributed by atoms with E-state index in [0.717, 1.165) is 55.8 Å². The first-order valence-corrected chi connectivity index (χ1v) is 11.3. The monoisotopic (exact) mass is 466 g/mol. The number of hydrogen-bond donors (Lipinski definition) is 0. The average Bonchev–Trinajstić information content (AvgIpc) is 2.82. The lowest BCUT2D eigenvalue weighted by molar-refractivity contribution is -0.671. The number of ether oxygens (including phenoxy) is 3. The molecule has 0 N–H and O–H groups in total. The fraction of sp³-hybridized carbons (Fsp3) is 0.379. The lowest BCUT2D eigenvalue weighted by Crippen LogP contribution is -2.28. The van der Waals surface area contributed by atoms with E-state index in [-0.39, 0.29) is 20.8 Å². The quantitative estimate of drug-likeness (QED) is 0.152. The van der Waals surface area contributed by atoms with Gasteiger partial charge in [0, 0.05) is 6.07 Å². The van der Waals surface area contributed by atoms with E-state index in [1.807, 2.05) is 78.5 Å². The Morgan fingerprint density at radius 3 is 1.97 bits per heavy atom. The molecule has 5 nitrogen and oxygen atoms in total. The molecule has 0 saturated heterocycles. The number of hydrogen-bond acceptors (Lipinski definition) is 4. The highest BCUT2D eigenvalue weighted by Gasteiger charge is 2.09. The van der Waals surface area contributed by atoms with Crippen molar-refractivity contribution in [1.29, 1.82) is 0 Å². The van der Waals surface area contributed by atoms with Crippen LogP contribution in [0.15, 0.2) is 79.1 Å². The van der Waals surface area contributed by atoms with Crippen molar-refractivity contribution in [2.45, 2.75) is 53.4 Å². The van der Waals surface area contributed by atoms with Crippen LogP contribution in [0.25, 0.3) is 0 Å². The van der Waals surface area contributed by atoms with Gasteiger partial charge in [-0.05, 0) is 55.3 Å². The zero-order valence-electron chi connectivity index (χ0n) is 18.7. The van der Waals surface area contributed by atoms with Crippen LogP contribution in [0.2, 0.25) is 0 Å². The summed E-state index contributed by atoms with van der Waals surface area (Å²) >= 11 is 0. The van der Waals surface area contributed by atoms with Gasteiger partial charge in [0.1, 0.15) is 29.9 Å². The van der Waals surface area contributed by atoms with Crippen molar-refractivity contribution in [3.8, 4) is 17.2 Å². The Hall–Kier alpha value is -3.34. The van der Waals surface area contributed by atoms with Crippen LogP contribution in [-0.4, -0.2) is 19.2 Å². The lowest BCUT2D eigenvalue weighted by atomic mass is 10.1. The van der Waals surface area contributed by atoms with E-state index in [9.17, 15) is 4.79 Å². The van der Waals surface area contributed by atoms with Gasteiger partial charge in [-0.25, -0.2) is 9.36 Å². The van der Waals surface area contributed by atoms with Gasteiger partial charge in [0.15, 0.2) is 12.4 Å². The van der Waals surface area contributed by atoms with E-state index < -0.39 is 0 Å². The molecule has 0 atom stereocenters. The van der Waals surface area contributed by atoms with Crippen LogP contribution < -0.4 is 14.0 Å². The van der Waals surface area contributed by atoms with Crippen molar-refractivity contribution < 1.29 is 23.6 Å². The van der Waals surface area contributed by atoms with Gasteiger partial charge in [-0.3, -0.25) is 0 Å². The van der Waals surface area contributed by atoms with Crippen molar-refractivity contribution in [3.05, 3.63) is 84.7 Å². The number of aromatic nitrogens is 1. The zero-order valence-corrected chi connectivity index (χ0v) is 18.7. The van der Waals surface area contributed by atoms with E-state index in [4.69, 9.17) is 14.2 Å². The molecule has 0 fully saturated rings. The number of esters is 1. The van der Waals surface area contributed by atoms with Crippen LogP contribution >= 0.6 is 0 Å². The number of aryl methyl sites for hydroxylation is 1. The predicted molar refractivity (Wildman–Crippen MR) is 138 cm³/mol. The number of para-hydroxylation sites is 1. The fourth-order valence-corrected chi connectivity index (χ4v) is 3.29. The molecular formula is C29H40NO4+. The first-order chi connectivity index (χ1) is 15.7. The molecule has 34 heavy (non-hydrogen) atoms. The van der Waals surface area contributed by atoms with Gasteiger partial charge >= 0.3 is 5.97 Å². The molecule has 0 spiro atoms. The number of benzene rings is 2. The van der Waals surface area contributed by atoms with Gasteiger partial charge < -0.3 is 14.2 Å². The number of pyridine rings is 1. The van der Waals surface area contributed by atoms with Crippen molar-refractivity contribution in [2.75, 3.05) is 13.2 Å². The topological polar surface area (TPSA) is 48.6 Å². The van der Waals surface area contributed by atoms with Crippen LogP contribution in [-0.2, 0) is 11.8 Å². The van der Waals surface area contributed by atoms with E-state index in [1.165, 1.54) is 0 Å². The summed E-state index contributed by atoms with van der Waals surface area (Å²) < 4.78 is 18.8. The van der Waals surface area contributed by atoms with Gasteiger partial charge in [0.2, 0.25) is 0 Å². The Bertz CT molecular complexity index is 942. The van der Waals surface area contributed by atoms with Crippen molar-refractivity contribution in [1.82, 2.24) is 0 Å². The largest absolute Gasteiger partial charge is 0.494 e. The number of carbonyl (C=O) groups is 1. The Balaban J connectivity index is 0.00000289. The molecule has 1 heterocycles. The maximum atomic E-state index is 12.0. The molecule has 0 unspecified atom stereocenters. The third-order valence-corrected chi connectivity index (χ3v) is 5.02. The van der Waals surface area contributed by atoms with Crippen LogP contribution in [0.5, 0.6) is 17.2 Å². The summed E-state index contributed by atoms with van der Waals surface area (Å²) in [5.74, 6) is 2.23. The molecule has 0 amide bonds. The third-order valence-electron chi connectivity index (χ3n) is 5.02. The van der Waals surface area contributed by atoms with Crippen molar-refractivity contribution in [3.63, 3.8) is 0 Å². The first kappa shape index (κ1) is 28.7. The zero-order chi connectivity index (χ0) is 22.4. The molecule has 0 saturated carbocycles. The molecule has 3 rings (SSSR count). The molecular weight excluding hydrogens is 426 g/mol. The Morgan fingerprint density at radius 2 is 1.29 bits per heavy atom. The Morgan fingerprint density at radius 1 is 0.706 bits per heavy atom. The number of rotatable bonds is 13. The highest BCUT2D eigenvalue weighted by molar-refractivity contribution is 5.88. The lowest BCUT2D eigenvalue weighted by Gasteiger charge is -2.08. The highest BCUT2D eigenvalue weighted by Crippen LogP contribution is 2.23. The van der Waals surface area contributed by atoms with Gasteiger partial charge in [-0.15, -0.1) is 0 Å². The molecule has 0 radical (unpaired) electrons. The highest BCUT2D eigenvalue weighted by atomic mass is 16.5. The SMILES string of the molecule is C.C.C[n+]1cccc(C(=O)OCCCCCCCCOc2ccc(Oc3ccccc3)cc2)c1. The maximum absolute atomic E-state index is 12.0. The van der Waals surface area contributed by atoms with Gasteiger partial charge in [0.05, 0.1) is 13.2 Å². The standard InChI is InChI=1S/C27H32NO4.2CH4/c1-28-19-11-12-23(22-28)27(29)31-21-10-5-3-2-4-9-20-30-24-15-17-26(18-16-24)32-25-13-7-6-8-14-25;;/h6-8,11-19,22H,2-5,9-10,20-21H2,1H3;2*1H4/q+1;;. The van der Waals surface area contributed by atoms with E-state index in [2.05, 4.69) is 0 Å². The molecule has 5 heteroatoms. The second-order valence-corrected chi connectivity index (χ2v) is 7.75. The molecule has 2 aromatic carbocycles. The summed E-state index contributed by atoms with van der Waals surface area (Å²) in [6.45, 7) is 1.19. The second-order valence-electron chi connectivity index (χ2n) is 7.75. The molecule has 3 aromatic rings. The first-order valence-electron chi connectivity index (χ1n) is 11.3. The van der Waals surface area contributed by atoms with Crippen LogP contribution in [0, 0.1) is 0 Å². The number of carbonyl (C=O) groups excluding carboxylic acids is 1. The van der Waals surface area contributed by atoms with E-state index in [1.54, 1.807) is 12.3 Å². The molecule has 0 bridgehead atoms. The summed E-state index contributed by atoms with van der Waals surface area (Å²) in [5.41, 5.74) is 0.591. The van der Waals surface area contributed by atoms with Crippen molar-refractivity contribution in [2.24, 2.45) is 7.05 Å². The van der Waals surface area contributed by atoms with E-state index in [0.29, 0.717) is 18.8 Å². The summed E-state index contributed by atoms with van der Waals surface area (Å²) in [5, 5.41) is 0. The van der Waals surface area contributed by atoms with Gasteiger partial charge in [0.25, 0.3) is 0 Å². The summed E-state index contributed by atoms with van der Waals surface area (Å²) in [7, 11) is 1.89. The molecule has 0 aliphatic rings. The van der Waals surface area contributed by atoms with Crippen LogP contribution in [0.4, 0.5) is 0 Å². The minimum Gasteiger partial charge on any atom is -0.494 e. The van der Waals surface area contributed by atoms with Crippen molar-refractivity contribution >= 4 is 5.97 Å². The molecule has 0 aliphatic heterocycles. The number of nitrogens with zero attached hydrogens (tertiary/aromatic N) is 1. The van der Waals surface area contributed by atoms with Gasteiger partial charge in [-0.2, -0.15) is 0 Å². The normalized spacial score (nSPS) is 9.91. The summed E-state index contributed by atoms with van der Waals surface area (Å²) in [6, 6.07) is 21.1. The Kier molecular flexibility index (Phi) is 13.8. The minimum atomic E-state index is -0.252. The minimum absolute atomic E-state index is 0.